The summed E-state index contributed by atoms with van der Waals surface area (Å²) in [6, 6.07) is 8.04. The van der Waals surface area contributed by atoms with Gasteiger partial charge in [-0.15, -0.1) is 5.10 Å². The Morgan fingerprint density at radius 2 is 1.86 bits per heavy atom. The topological polar surface area (TPSA) is 66.0 Å². The highest BCUT2D eigenvalue weighted by Gasteiger charge is 2.24. The molecule has 2 N–H and O–H groups in total. The van der Waals surface area contributed by atoms with Crippen molar-refractivity contribution in [1.82, 2.24) is 15.0 Å². The average molecular weight is 288 g/mol. The first kappa shape index (κ1) is 15.5. The Hall–Kier alpha value is -1.88. The van der Waals surface area contributed by atoms with Crippen molar-refractivity contribution in [1.29, 1.82) is 0 Å². The van der Waals surface area contributed by atoms with E-state index in [-0.39, 0.29) is 5.41 Å². The fourth-order valence-corrected chi connectivity index (χ4v) is 2.35. The lowest BCUT2D eigenvalue weighted by Crippen LogP contribution is -2.23. The summed E-state index contributed by atoms with van der Waals surface area (Å²) in [5.41, 5.74) is 8.87. The second-order valence-electron chi connectivity index (χ2n) is 6.22. The molecule has 0 saturated heterocycles. The number of aryl methyl sites for hydroxylation is 1. The second-order valence-corrected chi connectivity index (χ2v) is 6.22. The van der Waals surface area contributed by atoms with Gasteiger partial charge >= 0.3 is 0 Å². The number of nitrogens with two attached hydrogens (primary N) is 1. The predicted molar refractivity (Wildman–Crippen MR) is 83.3 cm³/mol. The number of aromatic nitrogens is 3. The molecule has 0 aliphatic carbocycles. The highest BCUT2D eigenvalue weighted by molar-refractivity contribution is 5.26. The van der Waals surface area contributed by atoms with Gasteiger partial charge in [0.05, 0.1) is 17.9 Å². The van der Waals surface area contributed by atoms with Crippen LogP contribution < -0.4 is 10.5 Å². The SMILES string of the molecule is Cc1ccc(OCCn2nnc(CN)c2C(C)(C)C)cc1. The second kappa shape index (κ2) is 6.26. The Balaban J connectivity index is 2.03. The summed E-state index contributed by atoms with van der Waals surface area (Å²) in [5, 5.41) is 8.38. The maximum atomic E-state index is 5.76. The number of rotatable bonds is 5. The normalized spacial score (nSPS) is 11.7. The predicted octanol–water partition coefficient (Wildman–Crippen LogP) is 2.42. The smallest absolute Gasteiger partial charge is 0.119 e. The van der Waals surface area contributed by atoms with Gasteiger partial charge in [0.25, 0.3) is 0 Å². The first-order valence-corrected chi connectivity index (χ1v) is 7.24. The van der Waals surface area contributed by atoms with Crippen LogP contribution >= 0.6 is 0 Å². The van der Waals surface area contributed by atoms with Gasteiger partial charge in [-0.05, 0) is 19.1 Å². The molecule has 1 aromatic heterocycles. The third-order valence-electron chi connectivity index (χ3n) is 3.30. The van der Waals surface area contributed by atoms with E-state index in [1.807, 2.05) is 28.9 Å². The van der Waals surface area contributed by atoms with E-state index in [9.17, 15) is 0 Å². The van der Waals surface area contributed by atoms with Crippen LogP contribution in [-0.2, 0) is 18.5 Å². The molecule has 21 heavy (non-hydrogen) atoms. The van der Waals surface area contributed by atoms with Gasteiger partial charge in [0.2, 0.25) is 0 Å². The maximum absolute atomic E-state index is 5.76. The molecule has 0 unspecified atom stereocenters. The van der Waals surface area contributed by atoms with Gasteiger partial charge in [-0.1, -0.05) is 43.7 Å². The van der Waals surface area contributed by atoms with Gasteiger partial charge in [0, 0.05) is 12.0 Å². The number of hydrogen-bond acceptors (Lipinski definition) is 4. The Morgan fingerprint density at radius 1 is 1.19 bits per heavy atom. The van der Waals surface area contributed by atoms with E-state index in [1.165, 1.54) is 5.56 Å². The van der Waals surface area contributed by atoms with Gasteiger partial charge in [-0.3, -0.25) is 0 Å². The van der Waals surface area contributed by atoms with E-state index in [0.29, 0.717) is 19.7 Å². The zero-order chi connectivity index (χ0) is 15.5. The summed E-state index contributed by atoms with van der Waals surface area (Å²) < 4.78 is 7.65. The van der Waals surface area contributed by atoms with Crippen LogP contribution in [0.4, 0.5) is 0 Å². The van der Waals surface area contributed by atoms with E-state index in [1.54, 1.807) is 0 Å². The number of ether oxygens (including phenoxy) is 1. The minimum atomic E-state index is -0.0396. The molecule has 0 aliphatic heterocycles. The standard InChI is InChI=1S/C16H24N4O/c1-12-5-7-13(8-6-12)21-10-9-20-15(16(2,3)4)14(11-17)18-19-20/h5-8H,9-11,17H2,1-4H3. The van der Waals surface area contributed by atoms with Gasteiger partial charge in [0.15, 0.2) is 0 Å². The highest BCUT2D eigenvalue weighted by Crippen LogP contribution is 2.24. The summed E-state index contributed by atoms with van der Waals surface area (Å²) in [6.07, 6.45) is 0. The molecule has 0 spiro atoms. The lowest BCUT2D eigenvalue weighted by atomic mass is 9.90. The van der Waals surface area contributed by atoms with Crippen molar-refractivity contribution in [3.05, 3.63) is 41.2 Å². The molecule has 0 bridgehead atoms. The largest absolute Gasteiger partial charge is 0.492 e. The summed E-state index contributed by atoms with van der Waals surface area (Å²) >= 11 is 0. The van der Waals surface area contributed by atoms with E-state index < -0.39 is 0 Å². The van der Waals surface area contributed by atoms with Gasteiger partial charge in [0.1, 0.15) is 12.4 Å². The molecular formula is C16H24N4O. The minimum absolute atomic E-state index is 0.0396. The monoisotopic (exact) mass is 288 g/mol. The van der Waals surface area contributed by atoms with E-state index >= 15 is 0 Å². The summed E-state index contributed by atoms with van der Waals surface area (Å²) in [5.74, 6) is 0.872. The Morgan fingerprint density at radius 3 is 2.43 bits per heavy atom. The number of nitrogens with zero attached hydrogens (tertiary/aromatic N) is 3. The molecular weight excluding hydrogens is 264 g/mol. The zero-order valence-corrected chi connectivity index (χ0v) is 13.3. The lowest BCUT2D eigenvalue weighted by molar-refractivity contribution is 0.283. The first-order valence-electron chi connectivity index (χ1n) is 7.24. The van der Waals surface area contributed by atoms with Crippen LogP contribution in [0.2, 0.25) is 0 Å². The van der Waals surface area contributed by atoms with Crippen LogP contribution in [0.25, 0.3) is 0 Å². The lowest BCUT2D eigenvalue weighted by Gasteiger charge is -2.21. The zero-order valence-electron chi connectivity index (χ0n) is 13.3. The van der Waals surface area contributed by atoms with Gasteiger partial charge < -0.3 is 10.5 Å². The first-order chi connectivity index (χ1) is 9.91. The fraction of sp³-hybridized carbons (Fsp3) is 0.500. The maximum Gasteiger partial charge on any atom is 0.119 e. The van der Waals surface area contributed by atoms with Crippen LogP contribution in [0.1, 0.15) is 37.7 Å². The molecule has 2 aromatic rings. The van der Waals surface area contributed by atoms with Gasteiger partial charge in [-0.2, -0.15) is 0 Å². The van der Waals surface area contributed by atoms with Crippen LogP contribution in [0.15, 0.2) is 24.3 Å². The van der Waals surface area contributed by atoms with Crippen molar-refractivity contribution >= 4 is 0 Å². The highest BCUT2D eigenvalue weighted by atomic mass is 16.5. The number of benzene rings is 1. The Kier molecular flexibility index (Phi) is 4.63. The molecule has 0 amide bonds. The molecule has 0 saturated carbocycles. The summed E-state index contributed by atoms with van der Waals surface area (Å²) in [4.78, 5) is 0. The van der Waals surface area contributed by atoms with Crippen LogP contribution in [0.3, 0.4) is 0 Å². The molecule has 5 heteroatoms. The van der Waals surface area contributed by atoms with Crippen LogP contribution in [0, 0.1) is 6.92 Å². The van der Waals surface area contributed by atoms with Crippen molar-refractivity contribution in [3.8, 4) is 5.75 Å². The molecule has 0 radical (unpaired) electrons. The third kappa shape index (κ3) is 3.82. The molecule has 1 aromatic carbocycles. The van der Waals surface area contributed by atoms with Crippen molar-refractivity contribution in [2.45, 2.75) is 46.2 Å². The van der Waals surface area contributed by atoms with Crippen molar-refractivity contribution in [2.75, 3.05) is 6.61 Å². The molecule has 114 valence electrons. The van der Waals surface area contributed by atoms with Crippen molar-refractivity contribution in [3.63, 3.8) is 0 Å². The average Bonchev–Trinajstić information content (AvgIpc) is 2.84. The van der Waals surface area contributed by atoms with E-state index in [0.717, 1.165) is 17.1 Å². The third-order valence-corrected chi connectivity index (χ3v) is 3.30. The molecule has 0 fully saturated rings. The van der Waals surface area contributed by atoms with Crippen LogP contribution in [-0.4, -0.2) is 21.6 Å². The Labute approximate surface area is 126 Å². The Bertz CT molecular complexity index is 581. The van der Waals surface area contributed by atoms with Crippen molar-refractivity contribution < 1.29 is 4.74 Å². The molecule has 0 atom stereocenters. The molecule has 5 nitrogen and oxygen atoms in total. The van der Waals surface area contributed by atoms with Crippen molar-refractivity contribution in [2.24, 2.45) is 5.73 Å². The number of hydrogen-bond donors (Lipinski definition) is 1. The summed E-state index contributed by atoms with van der Waals surface area (Å²) in [7, 11) is 0. The van der Waals surface area contributed by atoms with Crippen LogP contribution in [0.5, 0.6) is 5.75 Å². The fourth-order valence-electron chi connectivity index (χ4n) is 2.35. The summed E-state index contributed by atoms with van der Waals surface area (Å²) in [6.45, 7) is 10.1. The molecule has 2 rings (SSSR count). The van der Waals surface area contributed by atoms with E-state index in [4.69, 9.17) is 10.5 Å². The molecule has 1 heterocycles. The quantitative estimate of drug-likeness (QED) is 0.917. The minimum Gasteiger partial charge on any atom is -0.492 e. The molecule has 0 aliphatic rings. The van der Waals surface area contributed by atoms with E-state index in [2.05, 4.69) is 38.0 Å². The van der Waals surface area contributed by atoms with Gasteiger partial charge in [-0.25, -0.2) is 4.68 Å².